The van der Waals surface area contributed by atoms with Crippen LogP contribution in [0.15, 0.2) is 24.3 Å². The quantitative estimate of drug-likeness (QED) is 0.606. The van der Waals surface area contributed by atoms with Crippen LogP contribution in [-0.2, 0) is 15.3 Å². The number of rotatable bonds is 2. The third-order valence-corrected chi connectivity index (χ3v) is 1.89. The first-order valence-corrected chi connectivity index (χ1v) is 4.52. The van der Waals surface area contributed by atoms with Crippen LogP contribution in [-0.4, -0.2) is 5.97 Å². The molecule has 0 bridgehead atoms. The number of hydrogen-bond donors (Lipinski definition) is 0. The highest BCUT2D eigenvalue weighted by Gasteiger charge is 2.31. The maximum Gasteiger partial charge on any atom is 0.416 e. The predicted octanol–water partition coefficient (Wildman–Crippen LogP) is 3.55. The average Bonchev–Trinajstić information content (AvgIpc) is 2.24. The molecule has 0 fully saturated rings. The molecule has 0 radical (unpaired) electrons. The van der Waals surface area contributed by atoms with Crippen molar-refractivity contribution in [1.29, 1.82) is 0 Å². The molecule has 0 unspecified atom stereocenters. The second kappa shape index (κ2) is 5.18. The predicted molar refractivity (Wildman–Crippen MR) is 52.4 cm³/mol. The van der Waals surface area contributed by atoms with E-state index in [2.05, 4.69) is 4.29 Å². The summed E-state index contributed by atoms with van der Waals surface area (Å²) in [4.78, 5) is 10.6. The first-order valence-electron chi connectivity index (χ1n) is 4.21. The van der Waals surface area contributed by atoms with Gasteiger partial charge >= 0.3 is 12.1 Å². The zero-order chi connectivity index (χ0) is 13.1. The van der Waals surface area contributed by atoms with Crippen molar-refractivity contribution in [2.45, 2.75) is 6.18 Å². The molecule has 1 aromatic carbocycles. The molecule has 17 heavy (non-hydrogen) atoms. The SMILES string of the molecule is O=C(/C=C/c1cc(F)cc(C(F)(F)F)c1)OCl. The van der Waals surface area contributed by atoms with Crippen molar-refractivity contribution in [3.63, 3.8) is 0 Å². The fourth-order valence-corrected chi connectivity index (χ4v) is 1.11. The summed E-state index contributed by atoms with van der Waals surface area (Å²) in [5.41, 5.74) is -1.27. The number of halogens is 5. The molecule has 0 aliphatic rings. The van der Waals surface area contributed by atoms with E-state index in [1.807, 2.05) is 0 Å². The van der Waals surface area contributed by atoms with E-state index in [-0.39, 0.29) is 5.56 Å². The molecule has 0 N–H and O–H groups in total. The smallest absolute Gasteiger partial charge is 0.344 e. The Balaban J connectivity index is 3.06. The molecule has 1 rings (SSSR count). The fraction of sp³-hybridized carbons (Fsp3) is 0.100. The lowest BCUT2D eigenvalue weighted by molar-refractivity contribution is -0.137. The van der Waals surface area contributed by atoms with Gasteiger partial charge in [0.05, 0.1) is 5.56 Å². The van der Waals surface area contributed by atoms with Gasteiger partial charge in [0.1, 0.15) is 17.7 Å². The third kappa shape index (κ3) is 4.07. The zero-order valence-electron chi connectivity index (χ0n) is 8.09. The van der Waals surface area contributed by atoms with Crippen LogP contribution in [0.1, 0.15) is 11.1 Å². The van der Waals surface area contributed by atoms with Crippen LogP contribution in [0.25, 0.3) is 6.08 Å². The molecule has 0 aliphatic carbocycles. The summed E-state index contributed by atoms with van der Waals surface area (Å²) in [6.07, 6.45) is -2.91. The van der Waals surface area contributed by atoms with Gasteiger partial charge in [-0.25, -0.2) is 9.18 Å². The van der Waals surface area contributed by atoms with Gasteiger partial charge in [0.15, 0.2) is 0 Å². The van der Waals surface area contributed by atoms with Crippen molar-refractivity contribution in [3.05, 3.63) is 41.2 Å². The maximum absolute atomic E-state index is 12.9. The molecule has 92 valence electrons. The molecule has 1 aromatic rings. The number of carbonyl (C=O) groups is 1. The van der Waals surface area contributed by atoms with Gasteiger partial charge in [-0.2, -0.15) is 13.2 Å². The third-order valence-electron chi connectivity index (χ3n) is 1.74. The van der Waals surface area contributed by atoms with Crippen molar-refractivity contribution in [1.82, 2.24) is 0 Å². The summed E-state index contributed by atoms with van der Waals surface area (Å²) in [7, 11) is 0. The van der Waals surface area contributed by atoms with E-state index in [1.54, 1.807) is 0 Å². The molecule has 0 saturated heterocycles. The zero-order valence-corrected chi connectivity index (χ0v) is 8.85. The minimum absolute atomic E-state index is 0.126. The summed E-state index contributed by atoms with van der Waals surface area (Å²) >= 11 is 4.70. The Morgan fingerprint density at radius 3 is 2.47 bits per heavy atom. The normalized spacial score (nSPS) is 11.8. The highest BCUT2D eigenvalue weighted by Crippen LogP contribution is 2.30. The standard InChI is InChI=1S/C10H5ClF4O2/c11-17-9(16)2-1-6-3-7(10(13,14)15)5-8(12)4-6/h1-5H/b2-1+. The Hall–Kier alpha value is -1.56. The number of alkyl halides is 3. The molecule has 7 heteroatoms. The van der Waals surface area contributed by atoms with Gasteiger partial charge in [-0.1, -0.05) is 0 Å². The molecule has 0 amide bonds. The van der Waals surface area contributed by atoms with Crippen LogP contribution in [0.3, 0.4) is 0 Å². The Morgan fingerprint density at radius 2 is 1.94 bits per heavy atom. The van der Waals surface area contributed by atoms with Crippen molar-refractivity contribution < 1.29 is 26.6 Å². The van der Waals surface area contributed by atoms with Gasteiger partial charge in [-0.15, -0.1) is 0 Å². The second-order valence-corrected chi connectivity index (χ2v) is 3.15. The van der Waals surface area contributed by atoms with Crippen LogP contribution < -0.4 is 0 Å². The molecule has 0 aliphatic heterocycles. The molecular formula is C10H5ClF4O2. The minimum atomic E-state index is -4.66. The van der Waals surface area contributed by atoms with E-state index in [0.29, 0.717) is 12.1 Å². The molecule has 0 spiro atoms. The van der Waals surface area contributed by atoms with E-state index in [0.717, 1.165) is 18.2 Å². The van der Waals surface area contributed by atoms with Gasteiger partial charge in [-0.05, 0) is 29.8 Å². The topological polar surface area (TPSA) is 26.3 Å². The fourth-order valence-electron chi connectivity index (χ4n) is 1.06. The summed E-state index contributed by atoms with van der Waals surface area (Å²) in [6, 6.07) is 1.89. The monoisotopic (exact) mass is 268 g/mol. The van der Waals surface area contributed by atoms with Crippen LogP contribution in [0.4, 0.5) is 17.6 Å². The van der Waals surface area contributed by atoms with Gasteiger partial charge < -0.3 is 4.29 Å². The first-order chi connectivity index (χ1) is 7.82. The van der Waals surface area contributed by atoms with E-state index < -0.39 is 23.5 Å². The van der Waals surface area contributed by atoms with Gasteiger partial charge in [0, 0.05) is 6.08 Å². The molecule has 2 nitrogen and oxygen atoms in total. The van der Waals surface area contributed by atoms with Gasteiger partial charge in [-0.3, -0.25) is 0 Å². The number of carbonyl (C=O) groups excluding carboxylic acids is 1. The Morgan fingerprint density at radius 1 is 1.29 bits per heavy atom. The van der Waals surface area contributed by atoms with Gasteiger partial charge in [0.25, 0.3) is 0 Å². The molecule has 0 atom stereocenters. The summed E-state index contributed by atoms with van der Waals surface area (Å²) in [5.74, 6) is -2.02. The average molecular weight is 269 g/mol. The lowest BCUT2D eigenvalue weighted by Gasteiger charge is -2.07. The molecule has 0 heterocycles. The van der Waals surface area contributed by atoms with Crippen LogP contribution >= 0.6 is 11.9 Å². The van der Waals surface area contributed by atoms with Crippen LogP contribution in [0.2, 0.25) is 0 Å². The van der Waals surface area contributed by atoms with Crippen LogP contribution in [0, 0.1) is 5.82 Å². The lowest BCUT2D eigenvalue weighted by Crippen LogP contribution is -2.05. The second-order valence-electron chi connectivity index (χ2n) is 3.00. The van der Waals surface area contributed by atoms with E-state index in [9.17, 15) is 22.4 Å². The Bertz CT molecular complexity index is 454. The minimum Gasteiger partial charge on any atom is -0.344 e. The number of hydrogen-bond acceptors (Lipinski definition) is 2. The maximum atomic E-state index is 12.9. The lowest BCUT2D eigenvalue weighted by atomic mass is 10.1. The van der Waals surface area contributed by atoms with Crippen molar-refractivity contribution in [3.8, 4) is 0 Å². The largest absolute Gasteiger partial charge is 0.416 e. The van der Waals surface area contributed by atoms with E-state index >= 15 is 0 Å². The Labute approximate surface area is 98.6 Å². The molecule has 0 aromatic heterocycles. The first kappa shape index (κ1) is 13.5. The highest BCUT2D eigenvalue weighted by molar-refractivity contribution is 6.15. The number of benzene rings is 1. The summed E-state index contributed by atoms with van der Waals surface area (Å²) in [6.45, 7) is 0. The Kier molecular flexibility index (Phi) is 4.11. The van der Waals surface area contributed by atoms with E-state index in [1.165, 1.54) is 0 Å². The molecule has 0 saturated carbocycles. The van der Waals surface area contributed by atoms with Crippen LogP contribution in [0.5, 0.6) is 0 Å². The summed E-state index contributed by atoms with van der Waals surface area (Å²) in [5, 5.41) is 0. The highest BCUT2D eigenvalue weighted by atomic mass is 35.5. The van der Waals surface area contributed by atoms with E-state index in [4.69, 9.17) is 11.9 Å². The van der Waals surface area contributed by atoms with Gasteiger partial charge in [0.2, 0.25) is 0 Å². The summed E-state index contributed by atoms with van der Waals surface area (Å²) < 4.78 is 53.5. The van der Waals surface area contributed by atoms with Crippen molar-refractivity contribution in [2.24, 2.45) is 0 Å². The molecular weight excluding hydrogens is 264 g/mol. The van der Waals surface area contributed by atoms with Crippen molar-refractivity contribution in [2.75, 3.05) is 0 Å². The van der Waals surface area contributed by atoms with Crippen molar-refractivity contribution >= 4 is 23.9 Å².